The molecule has 0 aromatic heterocycles. The molecule has 0 unspecified atom stereocenters. The fraction of sp³-hybridized carbons (Fsp3) is 1.00. The number of halogens is 2. The van der Waals surface area contributed by atoms with Crippen LogP contribution in [0.2, 0.25) is 0 Å². The zero-order valence-electron chi connectivity index (χ0n) is 4.36. The third-order valence-corrected chi connectivity index (χ3v) is 1.12. The van der Waals surface area contributed by atoms with Crippen LogP contribution in [0.4, 0.5) is 0 Å². The molecule has 0 amide bonds. The van der Waals surface area contributed by atoms with E-state index < -0.39 is 0 Å². The molecule has 0 saturated heterocycles. The van der Waals surface area contributed by atoms with E-state index in [0.717, 1.165) is 6.42 Å². The molecule has 0 saturated carbocycles. The van der Waals surface area contributed by atoms with Gasteiger partial charge in [0.05, 0.1) is 0 Å². The van der Waals surface area contributed by atoms with Gasteiger partial charge in [-0.25, -0.2) is 0 Å². The van der Waals surface area contributed by atoms with E-state index >= 15 is 0 Å². The minimum absolute atomic E-state index is 0. The van der Waals surface area contributed by atoms with E-state index in [1.54, 1.807) is 0 Å². The second-order valence-electron chi connectivity index (χ2n) is 1.32. The minimum atomic E-state index is 0. The summed E-state index contributed by atoms with van der Waals surface area (Å²) in [6, 6.07) is 0.201. The number of hydrogen-bond donors (Lipinski definition) is 1. The number of nitrogens with two attached hydrogens (primary N) is 1. The number of alkyl halides is 1. The molecule has 0 aliphatic carbocycles. The van der Waals surface area contributed by atoms with Gasteiger partial charge < -0.3 is 5.73 Å². The standard InChI is InChI=1S/C4H10ClN.ClH/c1-2-4(6)3-5;/h4H,2-3,6H2,1H3;1H/t4-;/m1./s1. The summed E-state index contributed by atoms with van der Waals surface area (Å²) in [5.41, 5.74) is 5.34. The highest BCUT2D eigenvalue weighted by Gasteiger charge is 1.90. The summed E-state index contributed by atoms with van der Waals surface area (Å²) in [6.45, 7) is 2.02. The third kappa shape index (κ3) is 6.54. The molecule has 2 N–H and O–H groups in total. The van der Waals surface area contributed by atoms with Gasteiger partial charge in [0.25, 0.3) is 0 Å². The van der Waals surface area contributed by atoms with Gasteiger partial charge in [0.2, 0.25) is 0 Å². The van der Waals surface area contributed by atoms with Crippen molar-refractivity contribution in [1.29, 1.82) is 0 Å². The van der Waals surface area contributed by atoms with Crippen LogP contribution in [0.15, 0.2) is 0 Å². The van der Waals surface area contributed by atoms with Crippen LogP contribution in [-0.2, 0) is 0 Å². The summed E-state index contributed by atoms with van der Waals surface area (Å²) in [7, 11) is 0. The molecule has 0 aliphatic heterocycles. The fourth-order valence-electron chi connectivity index (χ4n) is 0.109. The second kappa shape index (κ2) is 6.54. The van der Waals surface area contributed by atoms with Crippen LogP contribution in [0.5, 0.6) is 0 Å². The van der Waals surface area contributed by atoms with E-state index in [9.17, 15) is 0 Å². The van der Waals surface area contributed by atoms with Crippen molar-refractivity contribution < 1.29 is 0 Å². The van der Waals surface area contributed by atoms with E-state index in [1.165, 1.54) is 0 Å². The molecular weight excluding hydrogens is 133 g/mol. The lowest BCUT2D eigenvalue weighted by molar-refractivity contribution is 0.721. The zero-order valence-corrected chi connectivity index (χ0v) is 5.93. The molecule has 0 heterocycles. The summed E-state index contributed by atoms with van der Waals surface area (Å²) in [5.74, 6) is 0.580. The van der Waals surface area contributed by atoms with Gasteiger partial charge in [-0.1, -0.05) is 6.92 Å². The number of hydrogen-bond acceptors (Lipinski definition) is 1. The lowest BCUT2D eigenvalue weighted by atomic mass is 10.3. The first-order valence-corrected chi connectivity index (χ1v) is 2.66. The Hall–Kier alpha value is 0.540. The zero-order chi connectivity index (χ0) is 4.99. The lowest BCUT2D eigenvalue weighted by Gasteiger charge is -1.97. The Balaban J connectivity index is 0. The first-order chi connectivity index (χ1) is 2.81. The quantitative estimate of drug-likeness (QED) is 0.582. The van der Waals surface area contributed by atoms with Crippen molar-refractivity contribution in [2.24, 2.45) is 5.73 Å². The van der Waals surface area contributed by atoms with E-state index in [-0.39, 0.29) is 18.4 Å². The van der Waals surface area contributed by atoms with E-state index in [2.05, 4.69) is 0 Å². The van der Waals surface area contributed by atoms with Gasteiger partial charge in [-0.2, -0.15) is 0 Å². The molecule has 0 rings (SSSR count). The van der Waals surface area contributed by atoms with Gasteiger partial charge in [0.15, 0.2) is 0 Å². The Morgan fingerprint density at radius 3 is 2.14 bits per heavy atom. The SMILES string of the molecule is CC[C@@H](N)CCl.Cl. The summed E-state index contributed by atoms with van der Waals surface area (Å²) < 4.78 is 0. The third-order valence-electron chi connectivity index (χ3n) is 0.723. The summed E-state index contributed by atoms with van der Waals surface area (Å²) in [6.07, 6.45) is 0.976. The molecule has 1 atom stereocenters. The highest BCUT2D eigenvalue weighted by atomic mass is 35.5. The molecule has 7 heavy (non-hydrogen) atoms. The van der Waals surface area contributed by atoms with Crippen molar-refractivity contribution in [2.75, 3.05) is 5.88 Å². The lowest BCUT2D eigenvalue weighted by Crippen LogP contribution is -2.19. The molecule has 0 radical (unpaired) electrons. The Bertz CT molecular complexity index is 28.9. The second-order valence-corrected chi connectivity index (χ2v) is 1.63. The molecule has 0 aromatic rings. The molecule has 0 fully saturated rings. The van der Waals surface area contributed by atoms with Crippen LogP contribution in [0.3, 0.4) is 0 Å². The normalized spacial score (nSPS) is 12.4. The molecule has 46 valence electrons. The highest BCUT2D eigenvalue weighted by Crippen LogP contribution is 1.86. The Morgan fingerprint density at radius 1 is 1.71 bits per heavy atom. The summed E-state index contributed by atoms with van der Waals surface area (Å²) >= 11 is 5.33. The topological polar surface area (TPSA) is 26.0 Å². The molecule has 0 aromatic carbocycles. The maximum atomic E-state index is 5.34. The van der Waals surface area contributed by atoms with Crippen LogP contribution < -0.4 is 5.73 Å². The first-order valence-electron chi connectivity index (χ1n) is 2.12. The predicted molar refractivity (Wildman–Crippen MR) is 36.2 cm³/mol. The molecule has 0 spiro atoms. The van der Waals surface area contributed by atoms with Crippen molar-refractivity contribution in [1.82, 2.24) is 0 Å². The van der Waals surface area contributed by atoms with Crippen LogP contribution in [-0.4, -0.2) is 11.9 Å². The molecule has 0 aliphatic rings. The van der Waals surface area contributed by atoms with Crippen LogP contribution in [0.25, 0.3) is 0 Å². The van der Waals surface area contributed by atoms with Crippen LogP contribution >= 0.6 is 24.0 Å². The molecule has 1 nitrogen and oxygen atoms in total. The molecular formula is C4H11Cl2N. The van der Waals surface area contributed by atoms with Gasteiger partial charge in [-0.15, -0.1) is 24.0 Å². The van der Waals surface area contributed by atoms with Gasteiger partial charge in [0.1, 0.15) is 0 Å². The van der Waals surface area contributed by atoms with Crippen molar-refractivity contribution in [3.8, 4) is 0 Å². The Labute approximate surface area is 55.6 Å². The first kappa shape index (κ1) is 10.5. The van der Waals surface area contributed by atoms with Crippen LogP contribution in [0.1, 0.15) is 13.3 Å². The molecule has 3 heteroatoms. The smallest absolute Gasteiger partial charge is 0.0375 e. The van der Waals surface area contributed by atoms with Gasteiger partial charge in [-0.05, 0) is 6.42 Å². The maximum Gasteiger partial charge on any atom is 0.0375 e. The van der Waals surface area contributed by atoms with Crippen molar-refractivity contribution in [2.45, 2.75) is 19.4 Å². The summed E-state index contributed by atoms with van der Waals surface area (Å²) in [4.78, 5) is 0. The van der Waals surface area contributed by atoms with Gasteiger partial charge in [0, 0.05) is 11.9 Å². The van der Waals surface area contributed by atoms with Gasteiger partial charge >= 0.3 is 0 Å². The highest BCUT2D eigenvalue weighted by molar-refractivity contribution is 6.18. The summed E-state index contributed by atoms with van der Waals surface area (Å²) in [5, 5.41) is 0. The van der Waals surface area contributed by atoms with E-state index in [0.29, 0.717) is 5.88 Å². The predicted octanol–water partition coefficient (Wildman–Crippen LogP) is 1.38. The maximum absolute atomic E-state index is 5.34. The monoisotopic (exact) mass is 143 g/mol. The van der Waals surface area contributed by atoms with E-state index in [1.807, 2.05) is 6.92 Å². The average Bonchev–Trinajstić information content (AvgIpc) is 1.65. The van der Waals surface area contributed by atoms with Gasteiger partial charge in [-0.3, -0.25) is 0 Å². The average molecular weight is 144 g/mol. The van der Waals surface area contributed by atoms with Crippen molar-refractivity contribution in [3.63, 3.8) is 0 Å². The van der Waals surface area contributed by atoms with Crippen LogP contribution in [0, 0.1) is 0 Å². The van der Waals surface area contributed by atoms with E-state index in [4.69, 9.17) is 17.3 Å². The fourth-order valence-corrected chi connectivity index (χ4v) is 0.327. The minimum Gasteiger partial charge on any atom is -0.327 e. The number of rotatable bonds is 2. The van der Waals surface area contributed by atoms with Crippen molar-refractivity contribution in [3.05, 3.63) is 0 Å². The van der Waals surface area contributed by atoms with Crippen molar-refractivity contribution >= 4 is 24.0 Å². The largest absolute Gasteiger partial charge is 0.327 e. The Kier molecular flexibility index (Phi) is 9.82. The molecule has 0 bridgehead atoms. The Morgan fingerprint density at radius 2 is 2.14 bits per heavy atom.